The number of nitro groups is 1. The van der Waals surface area contributed by atoms with Crippen molar-refractivity contribution in [2.24, 2.45) is 5.10 Å². The number of hydrogen-bond donors (Lipinski definition) is 1. The van der Waals surface area contributed by atoms with Gasteiger partial charge in [0, 0.05) is 18.1 Å². The number of ether oxygens (including phenoxy) is 1. The highest BCUT2D eigenvalue weighted by molar-refractivity contribution is 6.35. The summed E-state index contributed by atoms with van der Waals surface area (Å²) in [6, 6.07) is 4.10. The summed E-state index contributed by atoms with van der Waals surface area (Å²) in [5, 5.41) is 15.0. The molecule has 0 unspecified atom stereocenters. The zero-order valence-corrected chi connectivity index (χ0v) is 11.3. The molecule has 1 saturated heterocycles. The van der Waals surface area contributed by atoms with E-state index in [1.807, 2.05) is 0 Å². The van der Waals surface area contributed by atoms with E-state index in [1.54, 1.807) is 11.9 Å². The summed E-state index contributed by atoms with van der Waals surface area (Å²) < 4.78 is 4.84. The maximum absolute atomic E-state index is 11.5. The zero-order valence-electron chi connectivity index (χ0n) is 10.5. The molecule has 8 nitrogen and oxygen atoms in total. The van der Waals surface area contributed by atoms with Crippen molar-refractivity contribution in [1.29, 1.82) is 0 Å². The second-order valence-corrected chi connectivity index (χ2v) is 4.46. The number of halogens is 1. The lowest BCUT2D eigenvalue weighted by atomic mass is 10.3. The summed E-state index contributed by atoms with van der Waals surface area (Å²) in [6.07, 6.45) is 0. The zero-order chi connectivity index (χ0) is 14.7. The van der Waals surface area contributed by atoms with Gasteiger partial charge in [-0.3, -0.25) is 15.5 Å². The minimum atomic E-state index is -0.586. The van der Waals surface area contributed by atoms with Gasteiger partial charge in [0.15, 0.2) is 0 Å². The molecule has 1 aliphatic heterocycles. The summed E-state index contributed by atoms with van der Waals surface area (Å²) in [5.41, 5.74) is 2.41. The third-order valence-corrected chi connectivity index (χ3v) is 2.88. The van der Waals surface area contributed by atoms with E-state index in [4.69, 9.17) is 16.3 Å². The molecule has 9 heteroatoms. The van der Waals surface area contributed by atoms with Gasteiger partial charge in [-0.25, -0.2) is 4.79 Å². The number of amidine groups is 1. The molecule has 20 heavy (non-hydrogen) atoms. The average Bonchev–Trinajstić information content (AvgIpc) is 2.39. The number of rotatable bonds is 3. The number of esters is 1. The minimum Gasteiger partial charge on any atom is -0.458 e. The lowest BCUT2D eigenvalue weighted by Gasteiger charge is -2.24. The van der Waals surface area contributed by atoms with Gasteiger partial charge in [-0.05, 0) is 12.1 Å². The van der Waals surface area contributed by atoms with Crippen molar-refractivity contribution in [1.82, 2.24) is 4.90 Å². The monoisotopic (exact) mass is 298 g/mol. The summed E-state index contributed by atoms with van der Waals surface area (Å²) in [7, 11) is 1.68. The highest BCUT2D eigenvalue weighted by atomic mass is 35.5. The Kier molecular flexibility index (Phi) is 4.04. The smallest absolute Gasteiger partial charge is 0.376 e. The fraction of sp³-hybridized carbons (Fsp3) is 0.273. The molecule has 1 aromatic carbocycles. The van der Waals surface area contributed by atoms with Crippen molar-refractivity contribution >= 4 is 34.8 Å². The Balaban J connectivity index is 2.26. The molecule has 0 bridgehead atoms. The Morgan fingerprint density at radius 1 is 1.55 bits per heavy atom. The van der Waals surface area contributed by atoms with Crippen molar-refractivity contribution in [2.45, 2.75) is 0 Å². The van der Waals surface area contributed by atoms with Crippen LogP contribution in [0.2, 0.25) is 5.02 Å². The van der Waals surface area contributed by atoms with E-state index in [9.17, 15) is 14.9 Å². The third kappa shape index (κ3) is 2.97. The Labute approximate surface area is 119 Å². The largest absolute Gasteiger partial charge is 0.458 e. The van der Waals surface area contributed by atoms with Crippen LogP contribution in [0, 0.1) is 10.1 Å². The van der Waals surface area contributed by atoms with E-state index in [0.29, 0.717) is 6.54 Å². The lowest BCUT2D eigenvalue weighted by Crippen LogP contribution is -2.43. The van der Waals surface area contributed by atoms with Crippen molar-refractivity contribution in [2.75, 3.05) is 25.6 Å². The first-order valence-electron chi connectivity index (χ1n) is 5.65. The molecule has 1 aliphatic rings. The first-order valence-corrected chi connectivity index (χ1v) is 6.02. The fourth-order valence-electron chi connectivity index (χ4n) is 1.60. The summed E-state index contributed by atoms with van der Waals surface area (Å²) in [5.74, 6) is -0.525. The predicted molar refractivity (Wildman–Crippen MR) is 72.8 cm³/mol. The number of benzene rings is 1. The maximum Gasteiger partial charge on any atom is 0.376 e. The molecule has 1 N–H and O–H groups in total. The van der Waals surface area contributed by atoms with Gasteiger partial charge >= 0.3 is 5.97 Å². The molecule has 2 rings (SSSR count). The molecule has 1 heterocycles. The first-order chi connectivity index (χ1) is 9.49. The molecular weight excluding hydrogens is 288 g/mol. The standard InChI is InChI=1S/C11H11ClN4O4/c1-15-4-5-20-11(17)10(15)14-13-8-3-2-7(12)6-9(8)16(18)19/h2-3,6,13H,4-5H2,1H3/b14-10-. The number of hydrogen-bond acceptors (Lipinski definition) is 6. The molecule has 0 saturated carbocycles. The highest BCUT2D eigenvalue weighted by Crippen LogP contribution is 2.27. The van der Waals surface area contributed by atoms with E-state index in [1.165, 1.54) is 18.2 Å². The predicted octanol–water partition coefficient (Wildman–Crippen LogP) is 1.46. The molecule has 0 radical (unpaired) electrons. The number of nitrogens with zero attached hydrogens (tertiary/aromatic N) is 3. The number of anilines is 1. The number of carbonyl (C=O) groups is 1. The van der Waals surface area contributed by atoms with Crippen LogP contribution in [-0.2, 0) is 9.53 Å². The van der Waals surface area contributed by atoms with E-state index < -0.39 is 10.9 Å². The van der Waals surface area contributed by atoms with Gasteiger partial charge in [0.25, 0.3) is 5.69 Å². The van der Waals surface area contributed by atoms with Gasteiger partial charge in [-0.1, -0.05) is 11.6 Å². The quantitative estimate of drug-likeness (QED) is 0.515. The summed E-state index contributed by atoms with van der Waals surface area (Å²) in [4.78, 5) is 23.4. The van der Waals surface area contributed by atoms with E-state index in [2.05, 4.69) is 10.5 Å². The summed E-state index contributed by atoms with van der Waals surface area (Å²) >= 11 is 5.71. The van der Waals surface area contributed by atoms with E-state index >= 15 is 0 Å². The second kappa shape index (κ2) is 5.74. The van der Waals surface area contributed by atoms with Crippen molar-refractivity contribution in [3.63, 3.8) is 0 Å². The van der Waals surface area contributed by atoms with E-state index in [-0.39, 0.29) is 28.8 Å². The van der Waals surface area contributed by atoms with Crippen LogP contribution < -0.4 is 5.43 Å². The van der Waals surface area contributed by atoms with Crippen LogP contribution in [0.25, 0.3) is 0 Å². The molecule has 0 spiro atoms. The topological polar surface area (TPSA) is 97.1 Å². The van der Waals surface area contributed by atoms with Gasteiger partial charge in [-0.2, -0.15) is 0 Å². The average molecular weight is 299 g/mol. The van der Waals surface area contributed by atoms with Crippen molar-refractivity contribution in [3.05, 3.63) is 33.3 Å². The molecular formula is C11H11ClN4O4. The molecule has 106 valence electrons. The molecule has 0 aromatic heterocycles. The van der Waals surface area contributed by atoms with Crippen LogP contribution in [0.5, 0.6) is 0 Å². The van der Waals surface area contributed by atoms with Gasteiger partial charge in [-0.15, -0.1) is 5.10 Å². The number of carbonyl (C=O) groups excluding carboxylic acids is 1. The highest BCUT2D eigenvalue weighted by Gasteiger charge is 2.24. The van der Waals surface area contributed by atoms with Gasteiger partial charge in [0.2, 0.25) is 5.84 Å². The number of nitrogens with one attached hydrogen (secondary N) is 1. The van der Waals surface area contributed by atoms with Crippen LogP contribution in [0.4, 0.5) is 11.4 Å². The van der Waals surface area contributed by atoms with Crippen molar-refractivity contribution < 1.29 is 14.5 Å². The molecule has 0 atom stereocenters. The maximum atomic E-state index is 11.5. The molecule has 1 aromatic rings. The minimum absolute atomic E-state index is 0.0560. The Morgan fingerprint density at radius 2 is 2.30 bits per heavy atom. The normalized spacial score (nSPS) is 17.0. The SMILES string of the molecule is CN1CCOC(=O)/C1=N/Nc1ccc(Cl)cc1[N+](=O)[O-]. The fourth-order valence-corrected chi connectivity index (χ4v) is 1.76. The molecule has 1 fully saturated rings. The van der Waals surface area contributed by atoms with Crippen LogP contribution in [0.1, 0.15) is 0 Å². The van der Waals surface area contributed by atoms with Crippen LogP contribution in [0.3, 0.4) is 0 Å². The van der Waals surface area contributed by atoms with Gasteiger partial charge in [0.05, 0.1) is 11.5 Å². The number of cyclic esters (lactones) is 1. The second-order valence-electron chi connectivity index (χ2n) is 4.02. The Bertz CT molecular complexity index is 590. The number of morpholine rings is 1. The molecule has 0 aliphatic carbocycles. The van der Waals surface area contributed by atoms with Gasteiger partial charge in [0.1, 0.15) is 12.3 Å². The van der Waals surface area contributed by atoms with Crippen molar-refractivity contribution in [3.8, 4) is 0 Å². The lowest BCUT2D eigenvalue weighted by molar-refractivity contribution is -0.383. The Morgan fingerprint density at radius 3 is 2.95 bits per heavy atom. The number of hydrazone groups is 1. The van der Waals surface area contributed by atoms with E-state index in [0.717, 1.165) is 0 Å². The van der Waals surface area contributed by atoms with Crippen LogP contribution in [-0.4, -0.2) is 41.8 Å². The Hall–Kier alpha value is -2.35. The first kappa shape index (κ1) is 14.1. The third-order valence-electron chi connectivity index (χ3n) is 2.64. The summed E-state index contributed by atoms with van der Waals surface area (Å²) in [6.45, 7) is 0.796. The van der Waals surface area contributed by atoms with Gasteiger partial charge < -0.3 is 9.64 Å². The van der Waals surface area contributed by atoms with Crippen LogP contribution in [0.15, 0.2) is 23.3 Å². The molecule has 0 amide bonds. The van der Waals surface area contributed by atoms with Crippen LogP contribution >= 0.6 is 11.6 Å². The number of likely N-dealkylation sites (N-methyl/N-ethyl adjacent to an activating group) is 1. The number of nitro benzene ring substituents is 1.